The van der Waals surface area contributed by atoms with E-state index in [1.807, 2.05) is 0 Å². The van der Waals surface area contributed by atoms with Crippen LogP contribution in [0.5, 0.6) is 0 Å². The van der Waals surface area contributed by atoms with Gasteiger partial charge in [0.1, 0.15) is 17.3 Å². The van der Waals surface area contributed by atoms with Crippen molar-refractivity contribution < 1.29 is 37.1 Å². The number of halogens is 1. The molecule has 3 N–H and O–H groups in total. The lowest BCUT2D eigenvalue weighted by molar-refractivity contribution is -0.137. The van der Waals surface area contributed by atoms with Gasteiger partial charge in [-0.1, -0.05) is 32.1 Å². The standard InChI is InChI=1S/C15H30O4S.BrH/c16-10-13-20(14-11-17)12-8-6-4-2-1-3-5-7-9-15(18)19;/h16-17H,1-14H2;1H. The lowest BCUT2D eigenvalue weighted by atomic mass is 10.1. The number of carboxylic acid groups (broad SMARTS) is 1. The highest BCUT2D eigenvalue weighted by Crippen LogP contribution is 2.11. The quantitative estimate of drug-likeness (QED) is 0.254. The van der Waals surface area contributed by atoms with Crippen LogP contribution in [0.25, 0.3) is 0 Å². The number of rotatable bonds is 15. The molecule has 128 valence electrons. The third-order valence-electron chi connectivity index (χ3n) is 3.33. The van der Waals surface area contributed by atoms with Gasteiger partial charge < -0.3 is 32.3 Å². The Kier molecular flexibility index (Phi) is 20.4. The Morgan fingerprint density at radius 2 is 1.14 bits per heavy atom. The molecule has 0 aromatic carbocycles. The summed E-state index contributed by atoms with van der Waals surface area (Å²) in [6.45, 7) is 0.471. The fraction of sp³-hybridized carbons (Fsp3) is 0.933. The average Bonchev–Trinajstić information content (AvgIpc) is 2.41. The Labute approximate surface area is 142 Å². The van der Waals surface area contributed by atoms with E-state index in [0.29, 0.717) is 6.42 Å². The number of aliphatic carboxylic acids is 1. The third kappa shape index (κ3) is 18.2. The Morgan fingerprint density at radius 3 is 1.57 bits per heavy atom. The Morgan fingerprint density at radius 1 is 0.714 bits per heavy atom. The van der Waals surface area contributed by atoms with Crippen LogP contribution in [-0.4, -0.2) is 51.8 Å². The number of aliphatic hydroxyl groups is 2. The zero-order chi connectivity index (χ0) is 15.1. The van der Waals surface area contributed by atoms with Gasteiger partial charge >= 0.3 is 5.97 Å². The second kappa shape index (κ2) is 18.3. The van der Waals surface area contributed by atoms with Gasteiger partial charge in [0.05, 0.1) is 13.2 Å². The van der Waals surface area contributed by atoms with E-state index in [1.165, 1.54) is 32.1 Å². The molecule has 0 aromatic heterocycles. The number of unbranched alkanes of at least 4 members (excludes halogenated alkanes) is 7. The molecule has 0 aliphatic heterocycles. The zero-order valence-electron chi connectivity index (χ0n) is 12.9. The van der Waals surface area contributed by atoms with Gasteiger partial charge in [-0.2, -0.15) is 0 Å². The summed E-state index contributed by atoms with van der Waals surface area (Å²) < 4.78 is 0. The molecular formula is C15H31BrO4S. The molecule has 0 unspecified atom stereocenters. The Hall–Kier alpha value is 0.220. The highest BCUT2D eigenvalue weighted by Gasteiger charge is 2.15. The second-order valence-corrected chi connectivity index (χ2v) is 7.59. The van der Waals surface area contributed by atoms with Crippen molar-refractivity contribution in [1.29, 1.82) is 0 Å². The van der Waals surface area contributed by atoms with Crippen LogP contribution in [0.4, 0.5) is 0 Å². The van der Waals surface area contributed by atoms with E-state index in [9.17, 15) is 4.79 Å². The maximum atomic E-state index is 10.3. The molecule has 0 radical (unpaired) electrons. The molecule has 0 rings (SSSR count). The van der Waals surface area contributed by atoms with E-state index in [2.05, 4.69) is 0 Å². The van der Waals surface area contributed by atoms with Gasteiger partial charge in [0, 0.05) is 6.42 Å². The first kappa shape index (κ1) is 23.5. The minimum atomic E-state index is -0.689. The topological polar surface area (TPSA) is 77.8 Å². The third-order valence-corrected chi connectivity index (χ3v) is 5.72. The minimum absolute atomic E-state index is 0. The molecule has 0 saturated heterocycles. The van der Waals surface area contributed by atoms with Crippen LogP contribution in [0.2, 0.25) is 0 Å². The summed E-state index contributed by atoms with van der Waals surface area (Å²) in [6.07, 6.45) is 9.40. The fourth-order valence-corrected chi connectivity index (χ4v) is 3.95. The van der Waals surface area contributed by atoms with Crippen LogP contribution in [0, 0.1) is 0 Å². The maximum absolute atomic E-state index is 10.3. The largest absolute Gasteiger partial charge is 1.00 e. The van der Waals surface area contributed by atoms with Crippen molar-refractivity contribution in [3.05, 3.63) is 0 Å². The summed E-state index contributed by atoms with van der Waals surface area (Å²) in [4.78, 5) is 10.3. The minimum Gasteiger partial charge on any atom is -1.00 e. The van der Waals surface area contributed by atoms with Gasteiger partial charge in [-0.25, -0.2) is 0 Å². The van der Waals surface area contributed by atoms with Crippen LogP contribution < -0.4 is 17.0 Å². The lowest BCUT2D eigenvalue weighted by Crippen LogP contribution is -3.00. The van der Waals surface area contributed by atoms with Gasteiger partial charge in [-0.15, -0.1) is 0 Å². The van der Waals surface area contributed by atoms with E-state index >= 15 is 0 Å². The first-order valence-corrected chi connectivity index (χ1v) is 9.51. The van der Waals surface area contributed by atoms with Crippen LogP contribution in [0.1, 0.15) is 57.8 Å². The van der Waals surface area contributed by atoms with Crippen LogP contribution in [-0.2, 0) is 15.7 Å². The van der Waals surface area contributed by atoms with E-state index in [0.717, 1.165) is 36.5 Å². The molecule has 0 heterocycles. The predicted molar refractivity (Wildman–Crippen MR) is 85.3 cm³/mol. The molecular weight excluding hydrogens is 356 g/mol. The number of carbonyl (C=O) groups is 1. The molecule has 4 nitrogen and oxygen atoms in total. The van der Waals surface area contributed by atoms with Gasteiger partial charge in [0.2, 0.25) is 0 Å². The molecule has 0 spiro atoms. The summed E-state index contributed by atoms with van der Waals surface area (Å²) in [6, 6.07) is 0. The summed E-state index contributed by atoms with van der Waals surface area (Å²) in [7, 11) is 0.204. The highest BCUT2D eigenvalue weighted by atomic mass is 79.9. The maximum Gasteiger partial charge on any atom is 0.303 e. The van der Waals surface area contributed by atoms with Crippen LogP contribution >= 0.6 is 0 Å². The van der Waals surface area contributed by atoms with Gasteiger partial charge in [0.25, 0.3) is 0 Å². The molecule has 0 aromatic rings. The number of hydrogen-bond acceptors (Lipinski definition) is 3. The molecule has 0 aliphatic carbocycles. The van der Waals surface area contributed by atoms with Gasteiger partial charge in [-0.3, -0.25) is 4.79 Å². The Bertz CT molecular complexity index is 224. The van der Waals surface area contributed by atoms with E-state index in [1.54, 1.807) is 0 Å². The number of aliphatic hydroxyl groups excluding tert-OH is 2. The van der Waals surface area contributed by atoms with E-state index in [4.69, 9.17) is 15.3 Å². The second-order valence-electron chi connectivity index (χ2n) is 5.14. The van der Waals surface area contributed by atoms with Gasteiger partial charge in [-0.05, 0) is 30.2 Å². The molecule has 0 fully saturated rings. The van der Waals surface area contributed by atoms with Crippen LogP contribution in [0.15, 0.2) is 0 Å². The molecule has 0 aliphatic rings. The normalized spacial score (nSPS) is 10.6. The predicted octanol–water partition coefficient (Wildman–Crippen LogP) is -0.811. The van der Waals surface area contributed by atoms with Crippen molar-refractivity contribution in [3.63, 3.8) is 0 Å². The summed E-state index contributed by atoms with van der Waals surface area (Å²) in [5.41, 5.74) is 0. The highest BCUT2D eigenvalue weighted by molar-refractivity contribution is 7.96. The van der Waals surface area contributed by atoms with E-state index in [-0.39, 0.29) is 41.1 Å². The average molecular weight is 387 g/mol. The number of carboxylic acids is 1. The van der Waals surface area contributed by atoms with Crippen molar-refractivity contribution >= 4 is 16.9 Å². The summed E-state index contributed by atoms with van der Waals surface area (Å²) in [5.74, 6) is 2.12. The summed E-state index contributed by atoms with van der Waals surface area (Å²) in [5, 5.41) is 26.4. The molecule has 0 bridgehead atoms. The van der Waals surface area contributed by atoms with Crippen molar-refractivity contribution in [2.24, 2.45) is 0 Å². The lowest BCUT2D eigenvalue weighted by Gasteiger charge is -2.06. The van der Waals surface area contributed by atoms with Crippen molar-refractivity contribution in [2.45, 2.75) is 57.8 Å². The number of hydrogen-bond donors (Lipinski definition) is 3. The monoisotopic (exact) mass is 386 g/mol. The molecule has 6 heteroatoms. The van der Waals surface area contributed by atoms with Crippen LogP contribution in [0.3, 0.4) is 0 Å². The molecule has 21 heavy (non-hydrogen) atoms. The van der Waals surface area contributed by atoms with Crippen molar-refractivity contribution in [3.8, 4) is 0 Å². The summed E-state index contributed by atoms with van der Waals surface area (Å²) >= 11 is 0. The first-order chi connectivity index (χ1) is 9.70. The Balaban J connectivity index is 0. The molecule has 0 saturated carbocycles. The molecule has 0 atom stereocenters. The fourth-order valence-electron chi connectivity index (χ4n) is 2.21. The zero-order valence-corrected chi connectivity index (χ0v) is 15.3. The van der Waals surface area contributed by atoms with Gasteiger partial charge in [0.15, 0.2) is 0 Å². The SMILES string of the molecule is O=C(O)CCCCCCCCCC[S+](CCO)CCO.[Br-]. The van der Waals surface area contributed by atoms with E-state index < -0.39 is 5.97 Å². The molecule has 0 amide bonds. The first-order valence-electron chi connectivity index (χ1n) is 7.78. The van der Waals surface area contributed by atoms with Crippen molar-refractivity contribution in [2.75, 3.05) is 30.5 Å². The van der Waals surface area contributed by atoms with Crippen molar-refractivity contribution in [1.82, 2.24) is 0 Å². The smallest absolute Gasteiger partial charge is 0.303 e.